The third kappa shape index (κ3) is 5.86. The van der Waals surface area contributed by atoms with Gasteiger partial charge in [0.05, 0.1) is 24.8 Å². The second-order valence-corrected chi connectivity index (χ2v) is 8.30. The number of benzene rings is 1. The number of urea groups is 1. The van der Waals surface area contributed by atoms with E-state index in [1.807, 2.05) is 32.0 Å². The van der Waals surface area contributed by atoms with Gasteiger partial charge in [0.1, 0.15) is 0 Å². The van der Waals surface area contributed by atoms with Gasteiger partial charge in [0.2, 0.25) is 5.91 Å². The van der Waals surface area contributed by atoms with E-state index in [1.165, 1.54) is 0 Å². The average molecular weight is 444 g/mol. The molecule has 174 valence electrons. The van der Waals surface area contributed by atoms with Crippen LogP contribution in [0.15, 0.2) is 29.5 Å². The van der Waals surface area contributed by atoms with Crippen molar-refractivity contribution in [2.24, 2.45) is 0 Å². The van der Waals surface area contributed by atoms with Crippen molar-refractivity contribution in [1.82, 2.24) is 20.4 Å². The number of amides is 3. The normalized spacial score (nSPS) is 19.9. The Labute approximate surface area is 189 Å². The highest BCUT2D eigenvalue weighted by molar-refractivity contribution is 5.95. The van der Waals surface area contributed by atoms with Crippen molar-refractivity contribution in [3.8, 4) is 0 Å². The number of ether oxygens (including phenoxy) is 1. The molecule has 0 saturated carbocycles. The summed E-state index contributed by atoms with van der Waals surface area (Å²) in [6.45, 7) is 11.5. The molecule has 1 aromatic carbocycles. The number of hydrogen-bond donors (Lipinski definition) is 3. The summed E-state index contributed by atoms with van der Waals surface area (Å²) < 4.78 is 5.17. The van der Waals surface area contributed by atoms with Gasteiger partial charge in [-0.05, 0) is 38.8 Å². The summed E-state index contributed by atoms with van der Waals surface area (Å²) in [6, 6.07) is 5.23. The summed E-state index contributed by atoms with van der Waals surface area (Å²) in [5.74, 6) is -0.438. The van der Waals surface area contributed by atoms with Crippen LogP contribution in [0.25, 0.3) is 0 Å². The van der Waals surface area contributed by atoms with Gasteiger partial charge in [-0.15, -0.1) is 0 Å². The van der Waals surface area contributed by atoms with Crippen LogP contribution in [0, 0.1) is 13.8 Å². The molecule has 9 nitrogen and oxygen atoms in total. The number of aryl methyl sites for hydroxylation is 2. The van der Waals surface area contributed by atoms with Gasteiger partial charge in [0.25, 0.3) is 0 Å². The molecule has 0 bridgehead atoms. The standard InChI is InChI=1S/C23H33N5O4/c1-5-32-22(30)20-17(4)24-23(31)25-18(20)13-27-9-11-28(12-10-27)14-19(29)26-21-15(2)7-6-8-16(21)3/h6-8,17H,5,9-14H2,1-4H3,(H,26,29)(H2,24,25,31). The van der Waals surface area contributed by atoms with Crippen molar-refractivity contribution in [3.63, 3.8) is 0 Å². The van der Waals surface area contributed by atoms with Gasteiger partial charge in [0.15, 0.2) is 0 Å². The van der Waals surface area contributed by atoms with Gasteiger partial charge in [-0.3, -0.25) is 14.6 Å². The Hall–Kier alpha value is -2.91. The Morgan fingerprint density at radius 2 is 1.75 bits per heavy atom. The Morgan fingerprint density at radius 3 is 2.38 bits per heavy atom. The number of hydrogen-bond acceptors (Lipinski definition) is 6. The molecular weight excluding hydrogens is 410 g/mol. The smallest absolute Gasteiger partial charge is 0.337 e. The molecule has 9 heteroatoms. The monoisotopic (exact) mass is 443 g/mol. The van der Waals surface area contributed by atoms with E-state index >= 15 is 0 Å². The highest BCUT2D eigenvalue weighted by atomic mass is 16.5. The molecule has 0 spiro atoms. The van der Waals surface area contributed by atoms with E-state index in [-0.39, 0.29) is 18.5 Å². The van der Waals surface area contributed by atoms with Gasteiger partial charge >= 0.3 is 12.0 Å². The Balaban J connectivity index is 1.55. The molecule has 1 aromatic rings. The predicted molar refractivity (Wildman–Crippen MR) is 122 cm³/mol. The van der Waals surface area contributed by atoms with E-state index in [9.17, 15) is 14.4 Å². The zero-order valence-corrected chi connectivity index (χ0v) is 19.3. The lowest BCUT2D eigenvalue weighted by Crippen LogP contribution is -2.53. The largest absolute Gasteiger partial charge is 0.463 e. The van der Waals surface area contributed by atoms with Crippen LogP contribution in [0.5, 0.6) is 0 Å². The first-order valence-corrected chi connectivity index (χ1v) is 11.1. The van der Waals surface area contributed by atoms with Crippen molar-refractivity contribution in [1.29, 1.82) is 0 Å². The second-order valence-electron chi connectivity index (χ2n) is 8.30. The molecular formula is C23H33N5O4. The van der Waals surface area contributed by atoms with Gasteiger partial charge in [0, 0.05) is 44.1 Å². The van der Waals surface area contributed by atoms with Crippen LogP contribution in [0.3, 0.4) is 0 Å². The van der Waals surface area contributed by atoms with Crippen LogP contribution < -0.4 is 16.0 Å². The molecule has 2 heterocycles. The maximum atomic E-state index is 12.6. The summed E-state index contributed by atoms with van der Waals surface area (Å²) in [5.41, 5.74) is 4.02. The fourth-order valence-electron chi connectivity index (χ4n) is 4.13. The summed E-state index contributed by atoms with van der Waals surface area (Å²) in [4.78, 5) is 41.2. The Morgan fingerprint density at radius 1 is 1.12 bits per heavy atom. The molecule has 1 unspecified atom stereocenters. The zero-order chi connectivity index (χ0) is 23.3. The molecule has 3 amide bonds. The van der Waals surface area contributed by atoms with Crippen LogP contribution in [0.1, 0.15) is 25.0 Å². The minimum atomic E-state index is -0.413. The van der Waals surface area contributed by atoms with Crippen molar-refractivity contribution < 1.29 is 19.1 Å². The van der Waals surface area contributed by atoms with Crippen LogP contribution in [0.2, 0.25) is 0 Å². The van der Waals surface area contributed by atoms with Gasteiger partial charge in [-0.2, -0.15) is 0 Å². The van der Waals surface area contributed by atoms with Gasteiger partial charge in [-0.1, -0.05) is 18.2 Å². The van der Waals surface area contributed by atoms with Gasteiger partial charge < -0.3 is 20.7 Å². The molecule has 0 aliphatic carbocycles. The fourth-order valence-corrected chi connectivity index (χ4v) is 4.13. The molecule has 1 atom stereocenters. The van der Waals surface area contributed by atoms with E-state index in [4.69, 9.17) is 4.74 Å². The maximum absolute atomic E-state index is 12.6. The lowest BCUT2D eigenvalue weighted by Gasteiger charge is -2.36. The maximum Gasteiger partial charge on any atom is 0.337 e. The van der Waals surface area contributed by atoms with E-state index < -0.39 is 12.0 Å². The first kappa shape index (κ1) is 23.7. The summed E-state index contributed by atoms with van der Waals surface area (Å²) in [5, 5.41) is 8.52. The van der Waals surface area contributed by atoms with Crippen molar-refractivity contribution >= 4 is 23.6 Å². The minimum absolute atomic E-state index is 0.0254. The lowest BCUT2D eigenvalue weighted by atomic mass is 10.0. The number of piperazine rings is 1. The van der Waals surface area contributed by atoms with Crippen LogP contribution >= 0.6 is 0 Å². The third-order valence-electron chi connectivity index (χ3n) is 5.82. The first-order chi connectivity index (χ1) is 15.3. The lowest BCUT2D eigenvalue weighted by molar-refractivity contribution is -0.139. The number of esters is 1. The number of nitrogens with one attached hydrogen (secondary N) is 3. The van der Waals surface area contributed by atoms with E-state index in [0.29, 0.717) is 24.4 Å². The minimum Gasteiger partial charge on any atom is -0.463 e. The van der Waals surface area contributed by atoms with Crippen molar-refractivity contribution in [2.45, 2.75) is 33.7 Å². The number of para-hydroxylation sites is 1. The van der Waals surface area contributed by atoms with Gasteiger partial charge in [-0.25, -0.2) is 9.59 Å². The van der Waals surface area contributed by atoms with E-state index in [1.54, 1.807) is 13.8 Å². The van der Waals surface area contributed by atoms with Crippen LogP contribution in [0.4, 0.5) is 10.5 Å². The summed E-state index contributed by atoms with van der Waals surface area (Å²) in [6.07, 6.45) is 0. The highest BCUT2D eigenvalue weighted by Crippen LogP contribution is 2.20. The zero-order valence-electron chi connectivity index (χ0n) is 19.3. The van der Waals surface area contributed by atoms with Crippen LogP contribution in [-0.4, -0.2) is 79.6 Å². The Bertz CT molecular complexity index is 885. The molecule has 32 heavy (non-hydrogen) atoms. The van der Waals surface area contributed by atoms with E-state index in [0.717, 1.165) is 43.0 Å². The fraction of sp³-hybridized carbons (Fsp3) is 0.522. The topological polar surface area (TPSA) is 103 Å². The number of carbonyl (C=O) groups excluding carboxylic acids is 3. The third-order valence-corrected chi connectivity index (χ3v) is 5.82. The summed E-state index contributed by atoms with van der Waals surface area (Å²) in [7, 11) is 0. The first-order valence-electron chi connectivity index (χ1n) is 11.1. The molecule has 1 saturated heterocycles. The molecule has 1 fully saturated rings. The number of anilines is 1. The molecule has 0 radical (unpaired) electrons. The van der Waals surface area contributed by atoms with Crippen LogP contribution in [-0.2, 0) is 14.3 Å². The number of rotatable bonds is 7. The number of carbonyl (C=O) groups is 3. The van der Waals surface area contributed by atoms with Crippen molar-refractivity contribution in [2.75, 3.05) is 51.2 Å². The quantitative estimate of drug-likeness (QED) is 0.550. The molecule has 3 rings (SSSR count). The molecule has 3 N–H and O–H groups in total. The highest BCUT2D eigenvalue weighted by Gasteiger charge is 2.31. The Kier molecular flexibility index (Phi) is 7.87. The number of nitrogens with zero attached hydrogens (tertiary/aromatic N) is 2. The summed E-state index contributed by atoms with van der Waals surface area (Å²) >= 11 is 0. The van der Waals surface area contributed by atoms with E-state index in [2.05, 4.69) is 25.8 Å². The predicted octanol–water partition coefficient (Wildman–Crippen LogP) is 1.38. The molecule has 2 aliphatic rings. The average Bonchev–Trinajstić information content (AvgIpc) is 2.72. The molecule has 0 aromatic heterocycles. The SMILES string of the molecule is CCOC(=O)C1=C(CN2CCN(CC(=O)Nc3c(C)cccc3C)CC2)NC(=O)NC1C. The van der Waals surface area contributed by atoms with Crippen molar-refractivity contribution in [3.05, 3.63) is 40.6 Å². The molecule has 2 aliphatic heterocycles. The second kappa shape index (κ2) is 10.6.